The lowest BCUT2D eigenvalue weighted by Crippen LogP contribution is -2.28. The normalized spacial score (nSPS) is 13.2. The van der Waals surface area contributed by atoms with Crippen LogP contribution in [0.4, 0.5) is 0 Å². The molecule has 0 bridgehead atoms. The fourth-order valence-electron chi connectivity index (χ4n) is 1.48. The molecule has 80 valence electrons. The molecule has 15 heavy (non-hydrogen) atoms. The predicted molar refractivity (Wildman–Crippen MR) is 54.3 cm³/mol. The molecule has 0 saturated heterocycles. The third kappa shape index (κ3) is 2.11. The molecule has 1 atom stereocenters. The fraction of sp³-hybridized carbons (Fsp3) is 0.444. The fourth-order valence-corrected chi connectivity index (χ4v) is 1.48. The van der Waals surface area contributed by atoms with Crippen LogP contribution in [-0.2, 0) is 11.2 Å². The number of nitrogens with two attached hydrogens (primary N) is 1. The molecule has 2 rings (SSSR count). The van der Waals surface area contributed by atoms with Gasteiger partial charge in [0.25, 0.3) is 0 Å². The van der Waals surface area contributed by atoms with E-state index in [-0.39, 0.29) is 6.04 Å². The van der Waals surface area contributed by atoms with Crippen LogP contribution in [-0.4, -0.2) is 39.3 Å². The third-order valence-electron chi connectivity index (χ3n) is 2.13. The first-order chi connectivity index (χ1) is 7.31. The van der Waals surface area contributed by atoms with Crippen molar-refractivity contribution in [1.82, 2.24) is 19.6 Å². The van der Waals surface area contributed by atoms with Gasteiger partial charge >= 0.3 is 0 Å². The van der Waals surface area contributed by atoms with E-state index in [4.69, 9.17) is 10.5 Å². The zero-order chi connectivity index (χ0) is 10.7. The minimum absolute atomic E-state index is 0.0644. The summed E-state index contributed by atoms with van der Waals surface area (Å²) in [6, 6.07) is -0.0644. The van der Waals surface area contributed by atoms with Crippen LogP contribution >= 0.6 is 0 Å². The van der Waals surface area contributed by atoms with Crippen molar-refractivity contribution in [1.29, 1.82) is 0 Å². The van der Waals surface area contributed by atoms with Crippen molar-refractivity contribution in [3.63, 3.8) is 0 Å². The molecule has 0 aliphatic heterocycles. The molecule has 0 saturated carbocycles. The minimum atomic E-state index is -0.0644. The Balaban J connectivity index is 2.23. The van der Waals surface area contributed by atoms with Gasteiger partial charge < -0.3 is 10.5 Å². The van der Waals surface area contributed by atoms with Crippen molar-refractivity contribution < 1.29 is 4.74 Å². The van der Waals surface area contributed by atoms with E-state index in [0.717, 1.165) is 11.3 Å². The topological polar surface area (TPSA) is 78.3 Å². The molecule has 2 aromatic heterocycles. The molecule has 0 spiro atoms. The SMILES string of the molecule is COCC(N)Cc1nccn2cnnc12. The van der Waals surface area contributed by atoms with E-state index < -0.39 is 0 Å². The Morgan fingerprint density at radius 3 is 3.27 bits per heavy atom. The van der Waals surface area contributed by atoms with Crippen LogP contribution in [0.1, 0.15) is 5.69 Å². The largest absolute Gasteiger partial charge is 0.383 e. The minimum Gasteiger partial charge on any atom is -0.383 e. The average molecular weight is 207 g/mol. The summed E-state index contributed by atoms with van der Waals surface area (Å²) in [6.07, 6.45) is 5.80. The van der Waals surface area contributed by atoms with Gasteiger partial charge in [0, 0.05) is 32.0 Å². The van der Waals surface area contributed by atoms with Crippen LogP contribution in [0.2, 0.25) is 0 Å². The number of hydrogen-bond donors (Lipinski definition) is 1. The molecular weight excluding hydrogens is 194 g/mol. The molecule has 0 aliphatic rings. The molecule has 2 aromatic rings. The molecule has 2 N–H and O–H groups in total. The maximum absolute atomic E-state index is 5.85. The zero-order valence-electron chi connectivity index (χ0n) is 8.50. The summed E-state index contributed by atoms with van der Waals surface area (Å²) >= 11 is 0. The molecule has 0 aliphatic carbocycles. The van der Waals surface area contributed by atoms with Crippen molar-refractivity contribution in [2.24, 2.45) is 5.73 Å². The van der Waals surface area contributed by atoms with Crippen LogP contribution in [0.3, 0.4) is 0 Å². The molecule has 6 nitrogen and oxygen atoms in total. The number of ether oxygens (including phenoxy) is 1. The first kappa shape index (κ1) is 10.0. The summed E-state index contributed by atoms with van der Waals surface area (Å²) in [4.78, 5) is 4.24. The van der Waals surface area contributed by atoms with Crippen LogP contribution in [0.5, 0.6) is 0 Å². The summed E-state index contributed by atoms with van der Waals surface area (Å²) in [7, 11) is 1.63. The smallest absolute Gasteiger partial charge is 0.182 e. The molecule has 2 heterocycles. The van der Waals surface area contributed by atoms with E-state index >= 15 is 0 Å². The lowest BCUT2D eigenvalue weighted by Gasteiger charge is -2.09. The number of fused-ring (bicyclic) bond motifs is 1. The van der Waals surface area contributed by atoms with Crippen molar-refractivity contribution in [2.45, 2.75) is 12.5 Å². The highest BCUT2D eigenvalue weighted by Gasteiger charge is 2.09. The van der Waals surface area contributed by atoms with Gasteiger partial charge in [-0.25, -0.2) is 0 Å². The molecule has 1 unspecified atom stereocenters. The Hall–Kier alpha value is -1.53. The standard InChI is InChI=1S/C9H13N5O/c1-15-5-7(10)4-8-9-13-12-6-14(9)3-2-11-8/h2-3,6-7H,4-5,10H2,1H3. The first-order valence-corrected chi connectivity index (χ1v) is 4.69. The lowest BCUT2D eigenvalue weighted by molar-refractivity contribution is 0.179. The molecule has 0 radical (unpaired) electrons. The summed E-state index contributed by atoms with van der Waals surface area (Å²) in [6.45, 7) is 0.511. The van der Waals surface area contributed by atoms with E-state index in [1.54, 1.807) is 25.8 Å². The van der Waals surface area contributed by atoms with Gasteiger partial charge in [-0.15, -0.1) is 10.2 Å². The van der Waals surface area contributed by atoms with E-state index in [1.807, 2.05) is 4.40 Å². The monoisotopic (exact) mass is 207 g/mol. The van der Waals surface area contributed by atoms with E-state index in [0.29, 0.717) is 13.0 Å². The lowest BCUT2D eigenvalue weighted by atomic mass is 10.2. The Morgan fingerprint density at radius 1 is 1.60 bits per heavy atom. The van der Waals surface area contributed by atoms with Gasteiger partial charge in [-0.3, -0.25) is 9.38 Å². The second-order valence-electron chi connectivity index (χ2n) is 3.36. The molecule has 0 fully saturated rings. The van der Waals surface area contributed by atoms with Crippen LogP contribution < -0.4 is 5.73 Å². The number of methoxy groups -OCH3 is 1. The summed E-state index contributed by atoms with van der Waals surface area (Å²) in [5.74, 6) is 0. The number of aromatic nitrogens is 4. The van der Waals surface area contributed by atoms with E-state index in [9.17, 15) is 0 Å². The van der Waals surface area contributed by atoms with Crippen molar-refractivity contribution in [3.05, 3.63) is 24.4 Å². The third-order valence-corrected chi connectivity index (χ3v) is 2.13. The quantitative estimate of drug-likeness (QED) is 0.740. The Labute approximate surface area is 87.1 Å². The van der Waals surface area contributed by atoms with E-state index in [1.165, 1.54) is 0 Å². The summed E-state index contributed by atoms with van der Waals surface area (Å²) < 4.78 is 6.80. The van der Waals surface area contributed by atoms with Gasteiger partial charge in [-0.2, -0.15) is 0 Å². The second kappa shape index (κ2) is 4.33. The Bertz CT molecular complexity index is 441. The summed E-state index contributed by atoms with van der Waals surface area (Å²) in [5.41, 5.74) is 7.45. The first-order valence-electron chi connectivity index (χ1n) is 4.69. The number of rotatable bonds is 4. The molecule has 0 amide bonds. The zero-order valence-corrected chi connectivity index (χ0v) is 8.50. The van der Waals surface area contributed by atoms with Crippen molar-refractivity contribution in [3.8, 4) is 0 Å². The van der Waals surface area contributed by atoms with Gasteiger partial charge in [0.05, 0.1) is 12.3 Å². The van der Waals surface area contributed by atoms with Gasteiger partial charge in [0.2, 0.25) is 0 Å². The summed E-state index contributed by atoms with van der Waals surface area (Å²) in [5, 5.41) is 7.80. The second-order valence-corrected chi connectivity index (χ2v) is 3.36. The van der Waals surface area contributed by atoms with Crippen molar-refractivity contribution >= 4 is 5.65 Å². The van der Waals surface area contributed by atoms with Gasteiger partial charge in [-0.1, -0.05) is 0 Å². The highest BCUT2D eigenvalue weighted by Crippen LogP contribution is 2.05. The van der Waals surface area contributed by atoms with Crippen LogP contribution in [0, 0.1) is 0 Å². The number of hydrogen-bond acceptors (Lipinski definition) is 5. The van der Waals surface area contributed by atoms with E-state index in [2.05, 4.69) is 15.2 Å². The van der Waals surface area contributed by atoms with Gasteiger partial charge in [0.15, 0.2) is 5.65 Å². The van der Waals surface area contributed by atoms with Crippen LogP contribution in [0.25, 0.3) is 5.65 Å². The van der Waals surface area contributed by atoms with Gasteiger partial charge in [-0.05, 0) is 0 Å². The maximum atomic E-state index is 5.85. The van der Waals surface area contributed by atoms with Crippen LogP contribution in [0.15, 0.2) is 18.7 Å². The highest BCUT2D eigenvalue weighted by molar-refractivity contribution is 5.42. The Morgan fingerprint density at radius 2 is 2.47 bits per heavy atom. The predicted octanol–water partition coefficient (Wildman–Crippen LogP) is -0.360. The maximum Gasteiger partial charge on any atom is 0.182 e. The number of nitrogens with zero attached hydrogens (tertiary/aromatic N) is 4. The highest BCUT2D eigenvalue weighted by atomic mass is 16.5. The Kier molecular flexibility index (Phi) is 2.89. The van der Waals surface area contributed by atoms with Crippen molar-refractivity contribution in [2.75, 3.05) is 13.7 Å². The molecular formula is C9H13N5O. The molecule has 6 heteroatoms. The average Bonchev–Trinajstić information content (AvgIpc) is 2.67. The molecule has 0 aromatic carbocycles. The van der Waals surface area contributed by atoms with Gasteiger partial charge in [0.1, 0.15) is 6.33 Å².